The Morgan fingerprint density at radius 2 is 1.38 bits per heavy atom. The van der Waals surface area contributed by atoms with E-state index in [0.717, 1.165) is 26.1 Å². The maximum absolute atomic E-state index is 13.9. The van der Waals surface area contributed by atoms with E-state index in [2.05, 4.69) is 21.9 Å². The minimum Gasteiger partial charge on any atom is -0.334 e. The summed E-state index contributed by atoms with van der Waals surface area (Å²) in [6.45, 7) is 2.26. The van der Waals surface area contributed by atoms with Crippen LogP contribution in [0.3, 0.4) is 0 Å². The van der Waals surface area contributed by atoms with E-state index in [4.69, 9.17) is 23.2 Å². The van der Waals surface area contributed by atoms with Crippen LogP contribution in [0.25, 0.3) is 0 Å². The summed E-state index contributed by atoms with van der Waals surface area (Å²) in [6.07, 6.45) is -9.26. The number of hydrogen-bond acceptors (Lipinski definition) is 4. The smallest absolute Gasteiger partial charge is 0.334 e. The second kappa shape index (κ2) is 12.9. The lowest BCUT2D eigenvalue weighted by Gasteiger charge is -2.43. The Morgan fingerprint density at radius 3 is 1.98 bits per heavy atom. The van der Waals surface area contributed by atoms with Gasteiger partial charge in [0.25, 0.3) is 5.91 Å². The van der Waals surface area contributed by atoms with Crippen LogP contribution < -0.4 is 0 Å². The molecule has 3 aromatic carbocycles. The fourth-order valence-electron chi connectivity index (χ4n) is 6.83. The van der Waals surface area contributed by atoms with Gasteiger partial charge < -0.3 is 9.80 Å². The van der Waals surface area contributed by atoms with Gasteiger partial charge in [-0.1, -0.05) is 59.6 Å². The average Bonchev–Trinajstić information content (AvgIpc) is 3.61. The van der Waals surface area contributed by atoms with E-state index in [1.54, 1.807) is 17.0 Å². The monoisotopic (exact) mass is 698 g/mol. The molecular weight excluding hydrogens is 669 g/mol. The zero-order valence-corrected chi connectivity index (χ0v) is 26.4. The number of carbonyl (C=O) groups is 2. The third kappa shape index (κ3) is 7.25. The van der Waals surface area contributed by atoms with E-state index >= 15 is 0 Å². The Morgan fingerprint density at radius 1 is 0.745 bits per heavy atom. The standard InChI is InChI=1S/C33H30Cl2F6N4O2/c34-27-7-6-21(12-28(27)35)29-18-42(31(47)22-10-23(32(36,37)38)13-24(11-22)33(39,40)41)8-9-45(29)30(46)19-44-17-25-14-26(44)16-43(25)15-20-4-2-1-3-5-20/h1-7,10-13,25-26,29H,8-9,14-19H2. The van der Waals surface area contributed by atoms with Crippen molar-refractivity contribution in [1.29, 1.82) is 0 Å². The molecule has 3 heterocycles. The summed E-state index contributed by atoms with van der Waals surface area (Å²) in [4.78, 5) is 34.7. The predicted molar refractivity (Wildman–Crippen MR) is 164 cm³/mol. The van der Waals surface area contributed by atoms with Crippen LogP contribution in [0.15, 0.2) is 66.7 Å². The highest BCUT2D eigenvalue weighted by molar-refractivity contribution is 6.42. The van der Waals surface area contributed by atoms with Crippen molar-refractivity contribution < 1.29 is 35.9 Å². The fraction of sp³-hybridized carbons (Fsp3) is 0.394. The van der Waals surface area contributed by atoms with Gasteiger partial charge in [-0.25, -0.2) is 0 Å². The van der Waals surface area contributed by atoms with Crippen molar-refractivity contribution >= 4 is 35.0 Å². The van der Waals surface area contributed by atoms with Crippen molar-refractivity contribution in [2.24, 2.45) is 0 Å². The second-order valence-electron chi connectivity index (χ2n) is 12.2. The third-order valence-corrected chi connectivity index (χ3v) is 9.92. The third-order valence-electron chi connectivity index (χ3n) is 9.19. The molecule has 3 fully saturated rings. The fourth-order valence-corrected chi connectivity index (χ4v) is 7.14. The number of benzene rings is 3. The number of fused-ring (bicyclic) bond motifs is 2. The Hall–Kier alpha value is -3.32. The lowest BCUT2D eigenvalue weighted by Crippen LogP contribution is -2.55. The molecule has 0 aliphatic carbocycles. The average molecular weight is 700 g/mol. The van der Waals surface area contributed by atoms with E-state index in [0.29, 0.717) is 23.7 Å². The Bertz CT molecular complexity index is 1620. The molecule has 3 aliphatic heterocycles. The lowest BCUT2D eigenvalue weighted by atomic mass is 9.99. The van der Waals surface area contributed by atoms with Crippen LogP contribution in [0, 0.1) is 0 Å². The number of likely N-dealkylation sites (tertiary alicyclic amines) is 2. The molecule has 0 N–H and O–H groups in total. The number of amides is 2. The Labute approximate surface area is 277 Å². The summed E-state index contributed by atoms with van der Waals surface area (Å²) in [6, 6.07) is 15.4. The molecule has 6 rings (SSSR count). The largest absolute Gasteiger partial charge is 0.416 e. The molecule has 2 amide bonds. The van der Waals surface area contributed by atoms with Gasteiger partial charge >= 0.3 is 12.4 Å². The lowest BCUT2D eigenvalue weighted by molar-refractivity contribution is -0.143. The number of halogens is 8. The molecule has 6 nitrogen and oxygen atoms in total. The summed E-state index contributed by atoms with van der Waals surface area (Å²) in [7, 11) is 0. The molecule has 3 atom stereocenters. The van der Waals surface area contributed by atoms with Crippen LogP contribution >= 0.6 is 23.2 Å². The molecule has 2 bridgehead atoms. The SMILES string of the molecule is O=C(c1cc(C(F)(F)F)cc(C(F)(F)F)c1)N1CCN(C(=O)CN2CC3CC2CN3Cc2ccccc2)C(c2ccc(Cl)c(Cl)c2)C1. The second-order valence-corrected chi connectivity index (χ2v) is 13.0. The van der Waals surface area contributed by atoms with E-state index in [1.807, 2.05) is 18.2 Å². The van der Waals surface area contributed by atoms with Gasteiger partial charge in [-0.3, -0.25) is 19.4 Å². The molecule has 0 spiro atoms. The van der Waals surface area contributed by atoms with Crippen LogP contribution in [0.5, 0.6) is 0 Å². The predicted octanol–water partition coefficient (Wildman–Crippen LogP) is 7.02. The first-order chi connectivity index (χ1) is 22.2. The number of nitrogens with zero attached hydrogens (tertiary/aromatic N) is 4. The number of hydrogen-bond donors (Lipinski definition) is 0. The highest BCUT2D eigenvalue weighted by atomic mass is 35.5. The molecule has 3 saturated heterocycles. The van der Waals surface area contributed by atoms with Crippen LogP contribution in [0.1, 0.15) is 45.1 Å². The number of carbonyl (C=O) groups excluding carboxylic acids is 2. The first-order valence-corrected chi connectivity index (χ1v) is 15.8. The maximum Gasteiger partial charge on any atom is 0.416 e. The summed E-state index contributed by atoms with van der Waals surface area (Å²) in [5.74, 6) is -1.21. The molecule has 3 aromatic rings. The van der Waals surface area contributed by atoms with Crippen molar-refractivity contribution in [2.75, 3.05) is 39.3 Å². The molecule has 3 unspecified atom stereocenters. The molecule has 3 aliphatic rings. The molecule has 14 heteroatoms. The quantitative estimate of drug-likeness (QED) is 0.260. The molecule has 0 radical (unpaired) electrons. The molecule has 0 saturated carbocycles. The van der Waals surface area contributed by atoms with Crippen LogP contribution in [-0.2, 0) is 23.7 Å². The Kier molecular flexibility index (Phi) is 9.25. The maximum atomic E-state index is 13.9. The summed E-state index contributed by atoms with van der Waals surface area (Å²) < 4.78 is 81.1. The van der Waals surface area contributed by atoms with Crippen molar-refractivity contribution in [3.05, 3.63) is 105 Å². The van der Waals surface area contributed by atoms with Crippen molar-refractivity contribution in [3.8, 4) is 0 Å². The van der Waals surface area contributed by atoms with Gasteiger partial charge in [0.05, 0.1) is 33.8 Å². The number of rotatable bonds is 6. The van der Waals surface area contributed by atoms with E-state index in [1.165, 1.54) is 16.5 Å². The van der Waals surface area contributed by atoms with Gasteiger partial charge in [-0.2, -0.15) is 26.3 Å². The minimum absolute atomic E-state index is 0.0161. The van der Waals surface area contributed by atoms with Crippen LogP contribution in [-0.4, -0.2) is 82.8 Å². The normalized spacial score (nSPS) is 22.3. The molecule has 47 heavy (non-hydrogen) atoms. The van der Waals surface area contributed by atoms with Gasteiger partial charge in [0, 0.05) is 56.9 Å². The van der Waals surface area contributed by atoms with E-state index < -0.39 is 41.0 Å². The topological polar surface area (TPSA) is 47.1 Å². The van der Waals surface area contributed by atoms with Crippen molar-refractivity contribution in [2.45, 2.75) is 43.4 Å². The van der Waals surface area contributed by atoms with Gasteiger partial charge in [-0.15, -0.1) is 0 Å². The zero-order valence-electron chi connectivity index (χ0n) is 24.9. The van der Waals surface area contributed by atoms with Gasteiger partial charge in [0.15, 0.2) is 0 Å². The van der Waals surface area contributed by atoms with E-state index in [9.17, 15) is 35.9 Å². The van der Waals surface area contributed by atoms with Gasteiger partial charge in [0.1, 0.15) is 0 Å². The zero-order chi connectivity index (χ0) is 33.7. The van der Waals surface area contributed by atoms with E-state index in [-0.39, 0.29) is 54.2 Å². The van der Waals surface area contributed by atoms with Crippen molar-refractivity contribution in [1.82, 2.24) is 19.6 Å². The number of piperazine rings is 2. The first-order valence-electron chi connectivity index (χ1n) is 15.0. The summed E-state index contributed by atoms with van der Waals surface area (Å²) >= 11 is 12.4. The van der Waals surface area contributed by atoms with Gasteiger partial charge in [0.2, 0.25) is 5.91 Å². The van der Waals surface area contributed by atoms with Crippen molar-refractivity contribution in [3.63, 3.8) is 0 Å². The molecule has 250 valence electrons. The van der Waals surface area contributed by atoms with Crippen LogP contribution in [0.2, 0.25) is 10.0 Å². The molecule has 0 aromatic heterocycles. The number of alkyl halides is 6. The molecular formula is C33H30Cl2F6N4O2. The highest BCUT2D eigenvalue weighted by Crippen LogP contribution is 2.38. The first kappa shape index (κ1) is 33.6. The van der Waals surface area contributed by atoms with Gasteiger partial charge in [-0.05, 0) is 47.9 Å². The summed E-state index contributed by atoms with van der Waals surface area (Å²) in [5.41, 5.74) is -2.14. The summed E-state index contributed by atoms with van der Waals surface area (Å²) in [5, 5.41) is 0.455. The van der Waals surface area contributed by atoms with Crippen LogP contribution in [0.4, 0.5) is 26.3 Å². The minimum atomic E-state index is -5.10. The highest BCUT2D eigenvalue weighted by Gasteiger charge is 2.45. The Balaban J connectivity index is 1.20.